The summed E-state index contributed by atoms with van der Waals surface area (Å²) in [5, 5.41) is 20.3. The third kappa shape index (κ3) is 13.1. The van der Waals surface area contributed by atoms with Crippen LogP contribution in [0.15, 0.2) is 453 Å². The lowest BCUT2D eigenvalue weighted by molar-refractivity contribution is 0.664. The Morgan fingerprint density at radius 3 is 1.02 bits per heavy atom. The molecule has 0 spiro atoms. The normalized spacial score (nSPS) is 13.9. The van der Waals surface area contributed by atoms with Crippen molar-refractivity contribution in [2.45, 2.75) is 58.5 Å². The van der Waals surface area contributed by atoms with E-state index in [1.807, 2.05) is 12.1 Å². The molecule has 14 heteroatoms. The Kier molecular flexibility index (Phi) is 19.6. The molecule has 149 heavy (non-hydrogen) atoms. The van der Waals surface area contributed by atoms with E-state index >= 15 is 0 Å². The maximum absolute atomic E-state index is 6.65. The lowest BCUT2D eigenvalue weighted by Crippen LogP contribution is -2.50. The Bertz CT molecular complexity index is 10300. The SMILES string of the molecule is CC1(C)c2ccccc2-c2ccc3c4ccccc4n(-c4cccc(-c5nc(-c6ccccc6)c6c(n5)-c5ccccc5[Si]6(C)C)c4)c3c21.C[Si]1(C)c2ccccc2-c2nc(-c3cccc(-n4c5ccccc5c5ccc6c7ccccc7n(-c7ccccc7)c6c54)c3)nc(-c3ccccc3)c21.C[Si]1(C)c2ccccc2-c2nc(-c3ccccc3-n3c4ccccc4c4ccc5c6ccccc6oc5c43)nc(-c3ccccc3)c21. The van der Waals surface area contributed by atoms with Crippen molar-refractivity contribution in [1.82, 2.24) is 48.2 Å². The maximum atomic E-state index is 6.65. The van der Waals surface area contributed by atoms with E-state index in [4.69, 9.17) is 34.3 Å². The van der Waals surface area contributed by atoms with Crippen LogP contribution in [-0.2, 0) is 5.41 Å². The molecule has 31 rings (SSSR count). The molecule has 4 aliphatic rings. The number of aromatic nitrogens is 10. The minimum absolute atomic E-state index is 0.146. The molecular formula is C135H98N10OSi3. The summed E-state index contributed by atoms with van der Waals surface area (Å²) in [5.74, 6) is 2.23. The van der Waals surface area contributed by atoms with Gasteiger partial charge in [-0.1, -0.05) is 417 Å². The lowest BCUT2D eigenvalue weighted by Gasteiger charge is -2.24. The molecule has 0 radical (unpaired) electrons. The van der Waals surface area contributed by atoms with Crippen molar-refractivity contribution in [3.05, 3.63) is 460 Å². The second-order valence-electron chi connectivity index (χ2n) is 42.2. The first-order valence-corrected chi connectivity index (χ1v) is 60.6. The van der Waals surface area contributed by atoms with Gasteiger partial charge in [-0.3, -0.25) is 0 Å². The molecule has 1 aliphatic carbocycles. The first-order valence-electron chi connectivity index (χ1n) is 51.6. The molecule has 0 unspecified atom stereocenters. The van der Waals surface area contributed by atoms with Gasteiger partial charge in [-0.25, -0.2) is 29.9 Å². The summed E-state index contributed by atoms with van der Waals surface area (Å²) in [6, 6.07) is 161. The zero-order valence-electron chi connectivity index (χ0n) is 83.6. The van der Waals surface area contributed by atoms with Crippen molar-refractivity contribution in [2.24, 2.45) is 0 Å². The number of benzene rings is 19. The van der Waals surface area contributed by atoms with Gasteiger partial charge in [0.05, 0.1) is 84.0 Å². The second-order valence-corrected chi connectivity index (χ2v) is 55.0. The smallest absolute Gasteiger partial charge is 0.162 e. The van der Waals surface area contributed by atoms with Gasteiger partial charge in [0, 0.05) is 110 Å². The Morgan fingerprint density at radius 1 is 0.221 bits per heavy atom. The van der Waals surface area contributed by atoms with Crippen LogP contribution in [0.5, 0.6) is 0 Å². The Balaban J connectivity index is 0.000000105. The molecule has 0 atom stereocenters. The molecule has 706 valence electrons. The molecule has 11 heterocycles. The number of nitrogens with zero attached hydrogens (tertiary/aromatic N) is 10. The monoisotopic (exact) mass is 1960 g/mol. The van der Waals surface area contributed by atoms with E-state index in [0.29, 0.717) is 0 Å². The van der Waals surface area contributed by atoms with Crippen LogP contribution in [0, 0.1) is 0 Å². The lowest BCUT2D eigenvalue weighted by atomic mass is 9.81. The zero-order valence-corrected chi connectivity index (χ0v) is 86.6. The van der Waals surface area contributed by atoms with Crippen molar-refractivity contribution in [2.75, 3.05) is 0 Å². The quantitative estimate of drug-likeness (QED) is 0.125. The topological polar surface area (TPSA) is 110 Å². The Labute approximate surface area is 864 Å². The van der Waals surface area contributed by atoms with Crippen LogP contribution in [0.3, 0.4) is 0 Å². The molecule has 0 N–H and O–H groups in total. The van der Waals surface area contributed by atoms with Crippen molar-refractivity contribution in [3.63, 3.8) is 0 Å². The van der Waals surface area contributed by atoms with Gasteiger partial charge in [-0.15, -0.1) is 0 Å². The van der Waals surface area contributed by atoms with Gasteiger partial charge >= 0.3 is 0 Å². The van der Waals surface area contributed by atoms with Gasteiger partial charge in [0.25, 0.3) is 0 Å². The molecule has 0 saturated carbocycles. The largest absolute Gasteiger partial charge is 0.454 e. The summed E-state index contributed by atoms with van der Waals surface area (Å²) in [5.41, 5.74) is 37.3. The zero-order chi connectivity index (χ0) is 99.6. The number of fused-ring (bicyclic) bond motifs is 30. The van der Waals surface area contributed by atoms with E-state index in [1.165, 1.54) is 141 Å². The number of hydrogen-bond acceptors (Lipinski definition) is 7. The number of hydrogen-bond donors (Lipinski definition) is 0. The molecule has 0 bridgehead atoms. The molecule has 0 amide bonds. The highest BCUT2D eigenvalue weighted by Gasteiger charge is 2.47. The third-order valence-electron chi connectivity index (χ3n) is 32.4. The molecule has 11 nitrogen and oxygen atoms in total. The average molecular weight is 1960 g/mol. The van der Waals surface area contributed by atoms with Crippen molar-refractivity contribution in [1.29, 1.82) is 0 Å². The molecule has 3 aliphatic heterocycles. The van der Waals surface area contributed by atoms with Crippen LogP contribution in [0.4, 0.5) is 0 Å². The Morgan fingerprint density at radius 2 is 0.544 bits per heavy atom. The fraction of sp³-hybridized carbons (Fsp3) is 0.0667. The minimum Gasteiger partial charge on any atom is -0.454 e. The molecule has 0 fully saturated rings. The first-order chi connectivity index (χ1) is 73.0. The molecule has 0 saturated heterocycles. The van der Waals surface area contributed by atoms with Gasteiger partial charge in [0.1, 0.15) is 29.8 Å². The average Bonchev–Trinajstić information content (AvgIpc) is 1.53. The summed E-state index contributed by atoms with van der Waals surface area (Å²) in [6.07, 6.45) is 0. The molecule has 19 aromatic carbocycles. The van der Waals surface area contributed by atoms with E-state index in [1.54, 1.807) is 0 Å². The van der Waals surface area contributed by atoms with Crippen LogP contribution in [0.2, 0.25) is 39.3 Å². The van der Waals surface area contributed by atoms with Crippen molar-refractivity contribution >= 4 is 165 Å². The number of furan rings is 1. The summed E-state index contributed by atoms with van der Waals surface area (Å²) < 4.78 is 16.4. The van der Waals surface area contributed by atoms with Crippen LogP contribution in [-0.4, -0.2) is 72.4 Å². The molecule has 8 aromatic heterocycles. The van der Waals surface area contributed by atoms with Gasteiger partial charge in [0.15, 0.2) is 23.1 Å². The maximum Gasteiger partial charge on any atom is 0.162 e. The number of para-hydroxylation sites is 7. The highest BCUT2D eigenvalue weighted by Crippen LogP contribution is 2.55. The fourth-order valence-corrected chi connectivity index (χ4v) is 35.4. The van der Waals surface area contributed by atoms with Gasteiger partial charge in [-0.2, -0.15) is 0 Å². The minimum atomic E-state index is -2.06. The summed E-state index contributed by atoms with van der Waals surface area (Å²) in [6.45, 7) is 19.4. The third-order valence-corrected chi connectivity index (χ3v) is 43.0. The van der Waals surface area contributed by atoms with Gasteiger partial charge in [-0.05, 0) is 155 Å². The highest BCUT2D eigenvalue weighted by atomic mass is 28.3. The van der Waals surface area contributed by atoms with Crippen LogP contribution in [0.1, 0.15) is 25.0 Å². The first kappa shape index (κ1) is 87.6. The number of rotatable bonds is 10. The summed E-state index contributed by atoms with van der Waals surface area (Å²) >= 11 is 0. The highest BCUT2D eigenvalue weighted by molar-refractivity contribution is 7.05. The van der Waals surface area contributed by atoms with Gasteiger partial charge in [0.2, 0.25) is 0 Å². The van der Waals surface area contributed by atoms with Gasteiger partial charge < -0.3 is 22.7 Å². The van der Waals surface area contributed by atoms with E-state index < -0.39 is 24.2 Å². The predicted molar refractivity (Wildman–Crippen MR) is 627 cm³/mol. The van der Waals surface area contributed by atoms with Crippen LogP contribution in [0.25, 0.3) is 245 Å². The standard InChI is InChI=1S/C48H34N4Si.C45H35N3Si.C42H29N3OSi/c1-53(2)42-27-14-11-24-39(42)44-47(53)43(31-16-5-3-6-17-31)49-48(50-44)32-18-15-21-34(30-32)52-41-26-13-10-23-36(41)38-29-28-37-35-22-9-12-25-40(35)51(45(37)46(38)52)33-19-7-4-8-20-33;1-45(2)36-22-11-8-19-31(36)33-25-26-34-32-20-9-12-23-37(32)48(42(34)39(33)45)30-18-14-17-29(27-30)44-46-40(28-15-6-5-7-16-28)43-41(47-44)35-21-10-13-24-38(35)49(43,3)4;1-47(2)36-23-13-9-19-32(36)38-41(47)37(26-14-4-3-5-15-26)43-42(44-38)31-18-7-11-21-34(31)45-33-20-10-6-16-27(33)29-24-25-30-28-17-8-12-22-35(28)46-40(30)39(29)45/h3-30H,1-2H3;5-27H,1-4H3;3-25H,1-2H3. The fourth-order valence-electron chi connectivity index (χ4n) is 25.7. The van der Waals surface area contributed by atoms with Crippen LogP contribution >= 0.6 is 0 Å². The molecule has 27 aromatic rings. The predicted octanol–water partition coefficient (Wildman–Crippen LogP) is 30.4. The second kappa shape index (κ2) is 33.3. The van der Waals surface area contributed by atoms with E-state index in [9.17, 15) is 0 Å². The van der Waals surface area contributed by atoms with Crippen molar-refractivity contribution < 1.29 is 4.42 Å². The summed E-state index contributed by atoms with van der Waals surface area (Å²) in [7, 11) is -6.14. The van der Waals surface area contributed by atoms with Crippen LogP contribution < -0.4 is 31.1 Å². The Hall–Kier alpha value is -17.9. The summed E-state index contributed by atoms with van der Waals surface area (Å²) in [4.78, 5) is 32.7. The van der Waals surface area contributed by atoms with Crippen molar-refractivity contribution in [3.8, 4) is 136 Å². The van der Waals surface area contributed by atoms with E-state index in [0.717, 1.165) is 146 Å². The molecular weight excluding hydrogens is 1860 g/mol. The van der Waals surface area contributed by atoms with E-state index in [-0.39, 0.29) is 5.41 Å². The van der Waals surface area contributed by atoms with E-state index in [2.05, 4.69) is 508 Å².